The summed E-state index contributed by atoms with van der Waals surface area (Å²) in [5.41, 5.74) is 1.09. The van der Waals surface area contributed by atoms with Crippen molar-refractivity contribution in [2.24, 2.45) is 4.99 Å². The Morgan fingerprint density at radius 3 is 2.69 bits per heavy atom. The number of aliphatic imine (C=N–C) groups is 1. The van der Waals surface area contributed by atoms with Crippen molar-refractivity contribution < 1.29 is 33.3 Å². The Morgan fingerprint density at radius 1 is 1.08 bits per heavy atom. The van der Waals surface area contributed by atoms with E-state index in [1.165, 1.54) is 13.2 Å². The van der Waals surface area contributed by atoms with Crippen LogP contribution in [0.25, 0.3) is 6.08 Å². The second-order valence-electron chi connectivity index (χ2n) is 7.44. The van der Waals surface area contributed by atoms with Crippen molar-refractivity contribution in [1.82, 2.24) is 0 Å². The first-order chi connectivity index (χ1) is 17.3. The average molecular weight is 636 g/mol. The van der Waals surface area contributed by atoms with E-state index in [1.54, 1.807) is 48.5 Å². The number of fused-ring (bicyclic) bond motifs is 1. The van der Waals surface area contributed by atoms with Crippen LogP contribution in [0.2, 0.25) is 5.02 Å². The van der Waals surface area contributed by atoms with Crippen LogP contribution in [0.15, 0.2) is 68.2 Å². The molecule has 36 heavy (non-hydrogen) atoms. The van der Waals surface area contributed by atoms with Gasteiger partial charge in [-0.1, -0.05) is 27.5 Å². The van der Waals surface area contributed by atoms with Crippen molar-refractivity contribution in [3.63, 3.8) is 0 Å². The number of nitrogens with zero attached hydrogens (tertiary/aromatic N) is 1. The molecule has 2 aliphatic heterocycles. The Bertz CT molecular complexity index is 1490. The largest absolute Gasteiger partial charge is 0.496 e. The molecule has 8 nitrogen and oxygen atoms in total. The summed E-state index contributed by atoms with van der Waals surface area (Å²) in [6, 6.07) is 13.0. The maximum absolute atomic E-state index is 12.9. The van der Waals surface area contributed by atoms with Gasteiger partial charge < -0.3 is 23.7 Å². The molecule has 0 fully saturated rings. The summed E-state index contributed by atoms with van der Waals surface area (Å²) >= 11 is 12.9. The predicted molar refractivity (Wildman–Crippen MR) is 138 cm³/mol. The van der Waals surface area contributed by atoms with E-state index in [1.807, 2.05) is 0 Å². The minimum Gasteiger partial charge on any atom is -0.496 e. The summed E-state index contributed by atoms with van der Waals surface area (Å²) in [5, 5.41) is 0.426. The Hall–Kier alpha value is -3.34. The van der Waals surface area contributed by atoms with Gasteiger partial charge in [0.1, 0.15) is 5.75 Å². The lowest BCUT2D eigenvalue weighted by Gasteiger charge is -2.11. The number of rotatable bonds is 5. The summed E-state index contributed by atoms with van der Waals surface area (Å²) in [5.74, 6) is 0.355. The molecule has 0 unspecified atom stereocenters. The van der Waals surface area contributed by atoms with Gasteiger partial charge in [-0.15, -0.1) is 0 Å². The van der Waals surface area contributed by atoms with Crippen molar-refractivity contribution in [2.45, 2.75) is 0 Å². The van der Waals surface area contributed by atoms with Crippen LogP contribution in [-0.4, -0.2) is 31.7 Å². The highest BCUT2D eigenvalue weighted by Gasteiger charge is 2.28. The van der Waals surface area contributed by atoms with E-state index in [2.05, 4.69) is 36.9 Å². The van der Waals surface area contributed by atoms with Gasteiger partial charge >= 0.3 is 11.9 Å². The molecule has 3 aromatic carbocycles. The SMILES string of the molecule is COc1ccc(Cl)cc1C1=N/C(=C\c2cc(Br)cc(Br)c2OC(=O)c2ccc3c(c2)OCO3)C(=O)O1. The minimum atomic E-state index is -0.684. The summed E-state index contributed by atoms with van der Waals surface area (Å²) < 4.78 is 28.2. The van der Waals surface area contributed by atoms with E-state index in [0.29, 0.717) is 42.3 Å². The summed E-state index contributed by atoms with van der Waals surface area (Å²) in [7, 11) is 1.49. The van der Waals surface area contributed by atoms with Gasteiger partial charge in [0, 0.05) is 15.1 Å². The lowest BCUT2D eigenvalue weighted by Crippen LogP contribution is -2.10. The van der Waals surface area contributed by atoms with E-state index >= 15 is 0 Å². The average Bonchev–Trinajstić information content (AvgIpc) is 3.47. The fourth-order valence-corrected chi connectivity index (χ4v) is 5.00. The number of hydrogen-bond acceptors (Lipinski definition) is 8. The highest BCUT2D eigenvalue weighted by Crippen LogP contribution is 2.37. The minimum absolute atomic E-state index is 0.00240. The molecule has 2 heterocycles. The number of ether oxygens (including phenoxy) is 5. The van der Waals surface area contributed by atoms with E-state index in [9.17, 15) is 9.59 Å². The van der Waals surface area contributed by atoms with Gasteiger partial charge in [-0.3, -0.25) is 0 Å². The molecule has 0 saturated heterocycles. The molecule has 0 atom stereocenters. The van der Waals surface area contributed by atoms with Crippen molar-refractivity contribution >= 4 is 67.4 Å². The first kappa shape index (κ1) is 24.4. The third kappa shape index (κ3) is 4.84. The van der Waals surface area contributed by atoms with Crippen LogP contribution in [0.5, 0.6) is 23.0 Å². The second kappa shape index (κ2) is 9.96. The molecule has 0 aliphatic carbocycles. The van der Waals surface area contributed by atoms with Crippen molar-refractivity contribution in [1.29, 1.82) is 0 Å². The first-order valence-corrected chi connectivity index (χ1v) is 12.3. The zero-order valence-electron chi connectivity index (χ0n) is 18.3. The summed E-state index contributed by atoms with van der Waals surface area (Å²) in [6.07, 6.45) is 1.46. The summed E-state index contributed by atoms with van der Waals surface area (Å²) in [6.45, 7) is 0.0868. The number of methoxy groups -OCH3 is 1. The van der Waals surface area contributed by atoms with Crippen molar-refractivity contribution in [3.8, 4) is 23.0 Å². The van der Waals surface area contributed by atoms with Gasteiger partial charge in [0.15, 0.2) is 22.9 Å². The molecule has 0 saturated carbocycles. The molecule has 0 bridgehead atoms. The van der Waals surface area contributed by atoms with Gasteiger partial charge in [0.25, 0.3) is 0 Å². The predicted octanol–water partition coefficient (Wildman–Crippen LogP) is 6.17. The van der Waals surface area contributed by atoms with Gasteiger partial charge in [-0.25, -0.2) is 14.6 Å². The molecule has 0 aromatic heterocycles. The van der Waals surface area contributed by atoms with Crippen LogP contribution < -0.4 is 18.9 Å². The third-order valence-corrected chi connectivity index (χ3v) is 6.43. The van der Waals surface area contributed by atoms with E-state index in [-0.39, 0.29) is 29.7 Å². The van der Waals surface area contributed by atoms with Crippen molar-refractivity contribution in [3.05, 3.63) is 84.9 Å². The fraction of sp³-hybridized carbons (Fsp3) is 0.0800. The van der Waals surface area contributed by atoms with Gasteiger partial charge in [0.2, 0.25) is 12.7 Å². The van der Waals surface area contributed by atoms with Crippen LogP contribution >= 0.6 is 43.5 Å². The maximum Gasteiger partial charge on any atom is 0.363 e. The number of benzene rings is 3. The Balaban J connectivity index is 1.50. The molecular formula is C25H14Br2ClNO7. The molecule has 2 aliphatic rings. The number of carbonyl (C=O) groups excluding carboxylic acids is 2. The summed E-state index contributed by atoms with van der Waals surface area (Å²) in [4.78, 5) is 29.9. The maximum atomic E-state index is 12.9. The Kier molecular flexibility index (Phi) is 6.74. The number of carbonyl (C=O) groups is 2. The first-order valence-electron chi connectivity index (χ1n) is 10.3. The van der Waals surface area contributed by atoms with Crippen LogP contribution in [0, 0.1) is 0 Å². The van der Waals surface area contributed by atoms with E-state index in [4.69, 9.17) is 35.3 Å². The molecule has 0 spiro atoms. The smallest absolute Gasteiger partial charge is 0.363 e. The lowest BCUT2D eigenvalue weighted by molar-refractivity contribution is -0.129. The third-order valence-electron chi connectivity index (χ3n) is 5.14. The van der Waals surface area contributed by atoms with Crippen molar-refractivity contribution in [2.75, 3.05) is 13.9 Å². The number of esters is 2. The molecule has 0 amide bonds. The Labute approximate surface area is 226 Å². The van der Waals surface area contributed by atoms with Gasteiger partial charge in [-0.05, 0) is 70.5 Å². The van der Waals surface area contributed by atoms with E-state index in [0.717, 1.165) is 0 Å². The molecular weight excluding hydrogens is 622 g/mol. The monoisotopic (exact) mass is 633 g/mol. The molecule has 5 rings (SSSR count). The zero-order chi connectivity index (χ0) is 25.4. The van der Waals surface area contributed by atoms with Gasteiger partial charge in [0.05, 0.1) is 22.7 Å². The lowest BCUT2D eigenvalue weighted by atomic mass is 10.1. The normalized spacial score (nSPS) is 15.1. The van der Waals surface area contributed by atoms with Crippen LogP contribution in [0.4, 0.5) is 0 Å². The van der Waals surface area contributed by atoms with Crippen LogP contribution in [-0.2, 0) is 9.53 Å². The molecule has 11 heteroatoms. The topological polar surface area (TPSA) is 92.7 Å². The number of cyclic esters (lactones) is 1. The van der Waals surface area contributed by atoms with E-state index < -0.39 is 11.9 Å². The molecule has 0 N–H and O–H groups in total. The van der Waals surface area contributed by atoms with Crippen LogP contribution in [0.3, 0.4) is 0 Å². The molecule has 0 radical (unpaired) electrons. The van der Waals surface area contributed by atoms with Gasteiger partial charge in [-0.2, -0.15) is 0 Å². The quantitative estimate of drug-likeness (QED) is 0.188. The molecule has 3 aromatic rings. The Morgan fingerprint density at radius 2 is 1.89 bits per heavy atom. The molecule has 182 valence electrons. The second-order valence-corrected chi connectivity index (χ2v) is 9.65. The highest BCUT2D eigenvalue weighted by molar-refractivity contribution is 9.11. The zero-order valence-corrected chi connectivity index (χ0v) is 22.3. The highest BCUT2D eigenvalue weighted by atomic mass is 79.9. The number of hydrogen-bond donors (Lipinski definition) is 0. The van der Waals surface area contributed by atoms with Crippen LogP contribution in [0.1, 0.15) is 21.5 Å². The standard InChI is InChI=1S/C25H14Br2ClNO7/c1-32-19-5-3-15(28)10-16(19)23-29-18(25(31)36-23)7-13-6-14(26)9-17(27)22(13)35-24(30)12-2-4-20-21(8-12)34-11-33-20/h2-10H,11H2,1H3/b18-7-. The number of halogens is 3. The fourth-order valence-electron chi connectivity index (χ4n) is 3.49.